The van der Waals surface area contributed by atoms with Crippen molar-refractivity contribution in [1.82, 2.24) is 9.88 Å². The van der Waals surface area contributed by atoms with Crippen LogP contribution in [-0.4, -0.2) is 39.6 Å². The van der Waals surface area contributed by atoms with Gasteiger partial charge < -0.3 is 10.0 Å². The Kier molecular flexibility index (Phi) is 5.60. The Balaban J connectivity index is 1.65. The molecule has 0 radical (unpaired) electrons. The number of carbonyl (C=O) groups excluding carboxylic acids is 1. The van der Waals surface area contributed by atoms with E-state index in [1.807, 2.05) is 37.3 Å². The summed E-state index contributed by atoms with van der Waals surface area (Å²) in [5.41, 5.74) is 5.04. The number of likely N-dealkylation sites (tertiary alicyclic amines) is 1. The van der Waals surface area contributed by atoms with E-state index in [0.29, 0.717) is 0 Å². The number of nitriles is 1. The second-order valence-electron chi connectivity index (χ2n) is 7.64. The molecule has 3 atom stereocenters. The largest absolute Gasteiger partial charge is 0.394 e. The molecule has 0 bridgehead atoms. The second kappa shape index (κ2) is 8.48. The molecule has 2 aromatic carbocycles. The molecule has 0 spiro atoms. The summed E-state index contributed by atoms with van der Waals surface area (Å²) in [4.78, 5) is 18.5. The molecule has 0 aliphatic carbocycles. The molecule has 0 saturated carbocycles. The maximum Gasteiger partial charge on any atom is 0.228 e. The predicted molar refractivity (Wildman–Crippen MR) is 114 cm³/mol. The maximum absolute atomic E-state index is 12.9. The van der Waals surface area contributed by atoms with Crippen molar-refractivity contribution in [1.29, 1.82) is 5.26 Å². The van der Waals surface area contributed by atoms with E-state index in [-0.39, 0.29) is 24.9 Å². The van der Waals surface area contributed by atoms with Gasteiger partial charge in [0.25, 0.3) is 0 Å². The monoisotopic (exact) mass is 397 g/mol. The number of benzene rings is 2. The smallest absolute Gasteiger partial charge is 0.228 e. The molecule has 2 heterocycles. The lowest BCUT2D eigenvalue weighted by Gasteiger charge is -2.52. The number of carbonyl (C=O) groups is 1. The zero-order valence-corrected chi connectivity index (χ0v) is 16.8. The van der Waals surface area contributed by atoms with E-state index < -0.39 is 12.1 Å². The average Bonchev–Trinajstić information content (AvgIpc) is 2.75. The van der Waals surface area contributed by atoms with Crippen LogP contribution in [0.5, 0.6) is 0 Å². The number of hydrogen-bond donors (Lipinski definition) is 1. The van der Waals surface area contributed by atoms with Crippen LogP contribution in [0.2, 0.25) is 0 Å². The molecule has 1 N–H and O–H groups in total. The highest BCUT2D eigenvalue weighted by Crippen LogP contribution is 2.44. The van der Waals surface area contributed by atoms with E-state index in [1.54, 1.807) is 18.5 Å². The lowest BCUT2D eigenvalue weighted by Crippen LogP contribution is -2.65. The Labute approximate surface area is 176 Å². The first kappa shape index (κ1) is 19.8. The molecule has 1 fully saturated rings. The van der Waals surface area contributed by atoms with Crippen LogP contribution in [-0.2, 0) is 11.2 Å². The fraction of sp³-hybridized carbons (Fsp3) is 0.240. The summed E-state index contributed by atoms with van der Waals surface area (Å²) >= 11 is 0. The molecule has 1 amide bonds. The van der Waals surface area contributed by atoms with Crippen molar-refractivity contribution >= 4 is 5.91 Å². The van der Waals surface area contributed by atoms with Crippen molar-refractivity contribution in [2.75, 3.05) is 6.61 Å². The van der Waals surface area contributed by atoms with Crippen LogP contribution in [0, 0.1) is 18.3 Å². The molecule has 1 saturated heterocycles. The third-order valence-electron chi connectivity index (χ3n) is 5.78. The number of rotatable bonds is 5. The number of aliphatic hydroxyl groups excluding tert-OH is 1. The Morgan fingerprint density at radius 2 is 1.90 bits per heavy atom. The van der Waals surface area contributed by atoms with Crippen LogP contribution in [0.4, 0.5) is 0 Å². The first-order valence-corrected chi connectivity index (χ1v) is 10.0. The normalized spacial score (nSPS) is 20.3. The van der Waals surface area contributed by atoms with Gasteiger partial charge in [-0.15, -0.1) is 0 Å². The molecule has 4 rings (SSSR count). The summed E-state index contributed by atoms with van der Waals surface area (Å²) in [7, 11) is 0. The summed E-state index contributed by atoms with van der Waals surface area (Å²) < 4.78 is 0. The Hall–Kier alpha value is -3.49. The van der Waals surface area contributed by atoms with Crippen molar-refractivity contribution in [3.05, 3.63) is 89.7 Å². The predicted octanol–water partition coefficient (Wildman–Crippen LogP) is 3.48. The first-order valence-electron chi connectivity index (χ1n) is 10.0. The maximum atomic E-state index is 12.9. The molecule has 0 unspecified atom stereocenters. The van der Waals surface area contributed by atoms with Crippen molar-refractivity contribution < 1.29 is 9.90 Å². The highest BCUT2D eigenvalue weighted by atomic mass is 16.3. The molecule has 5 nitrogen and oxygen atoms in total. The van der Waals surface area contributed by atoms with Gasteiger partial charge in [-0.05, 0) is 35.2 Å². The third-order valence-corrected chi connectivity index (χ3v) is 5.78. The zero-order valence-electron chi connectivity index (χ0n) is 16.8. The molecular formula is C25H23N3O2. The van der Waals surface area contributed by atoms with Crippen molar-refractivity contribution in [2.24, 2.45) is 0 Å². The van der Waals surface area contributed by atoms with Gasteiger partial charge in [-0.2, -0.15) is 5.26 Å². The van der Waals surface area contributed by atoms with E-state index in [4.69, 9.17) is 0 Å². The van der Waals surface area contributed by atoms with E-state index in [2.05, 4.69) is 35.3 Å². The Morgan fingerprint density at radius 1 is 1.13 bits per heavy atom. The van der Waals surface area contributed by atoms with Crippen molar-refractivity contribution in [2.45, 2.75) is 31.3 Å². The molecule has 1 aromatic heterocycles. The number of pyridine rings is 1. The highest BCUT2D eigenvalue weighted by Gasteiger charge is 2.52. The SMILES string of the molecule is Cc1ccc(-c2ccccc2[C@@H]2[C@@H](C#N)N(C(=O)Cc3cccnc3)[C@H]2CO)cc1. The van der Waals surface area contributed by atoms with Crippen molar-refractivity contribution in [3.8, 4) is 17.2 Å². The van der Waals surface area contributed by atoms with Gasteiger partial charge >= 0.3 is 0 Å². The Morgan fingerprint density at radius 3 is 2.57 bits per heavy atom. The molecule has 150 valence electrons. The van der Waals surface area contributed by atoms with Crippen LogP contribution in [0.3, 0.4) is 0 Å². The standard InChI is InChI=1S/C25H23N3O2/c1-17-8-10-19(11-9-17)20-6-2-3-7-21(20)25-22(14-26)28(23(25)16-29)24(30)13-18-5-4-12-27-15-18/h2-12,15,22-23,25,29H,13,16H2,1H3/t22-,23+,25-/m1/s1. The molecular weight excluding hydrogens is 374 g/mol. The lowest BCUT2D eigenvalue weighted by atomic mass is 9.73. The number of aromatic nitrogens is 1. The van der Waals surface area contributed by atoms with Gasteiger partial charge in [0.2, 0.25) is 5.91 Å². The molecule has 3 aromatic rings. The third kappa shape index (κ3) is 3.58. The van der Waals surface area contributed by atoms with Crippen LogP contribution in [0.15, 0.2) is 73.1 Å². The van der Waals surface area contributed by atoms with Gasteiger partial charge in [-0.3, -0.25) is 9.78 Å². The second-order valence-corrected chi connectivity index (χ2v) is 7.64. The van der Waals surface area contributed by atoms with Gasteiger partial charge in [-0.1, -0.05) is 60.2 Å². The number of nitrogens with zero attached hydrogens (tertiary/aromatic N) is 3. The minimum absolute atomic E-state index is 0.162. The topological polar surface area (TPSA) is 77.2 Å². The van der Waals surface area contributed by atoms with Crippen LogP contribution >= 0.6 is 0 Å². The summed E-state index contributed by atoms with van der Waals surface area (Å²) in [6.07, 6.45) is 3.47. The van der Waals surface area contributed by atoms with Gasteiger partial charge in [0.1, 0.15) is 6.04 Å². The zero-order chi connectivity index (χ0) is 21.1. The van der Waals surface area contributed by atoms with Gasteiger partial charge in [0.05, 0.1) is 25.1 Å². The fourth-order valence-corrected chi connectivity index (χ4v) is 4.28. The lowest BCUT2D eigenvalue weighted by molar-refractivity contribution is -0.146. The van der Waals surface area contributed by atoms with Gasteiger partial charge in [0, 0.05) is 18.3 Å². The average molecular weight is 397 g/mol. The summed E-state index contributed by atoms with van der Waals surface area (Å²) in [6, 6.07) is 21.1. The van der Waals surface area contributed by atoms with E-state index >= 15 is 0 Å². The highest BCUT2D eigenvalue weighted by molar-refractivity contribution is 5.82. The van der Waals surface area contributed by atoms with Gasteiger partial charge in [0.15, 0.2) is 0 Å². The molecule has 30 heavy (non-hydrogen) atoms. The van der Waals surface area contributed by atoms with Crippen molar-refractivity contribution in [3.63, 3.8) is 0 Å². The van der Waals surface area contributed by atoms with Crippen LogP contribution in [0.1, 0.15) is 22.6 Å². The summed E-state index contributed by atoms with van der Waals surface area (Å²) in [6.45, 7) is 1.85. The van der Waals surface area contributed by atoms with E-state index in [0.717, 1.165) is 22.3 Å². The van der Waals surface area contributed by atoms with Crippen LogP contribution < -0.4 is 0 Å². The minimum atomic E-state index is -0.613. The van der Waals surface area contributed by atoms with Crippen LogP contribution in [0.25, 0.3) is 11.1 Å². The quantitative estimate of drug-likeness (QED) is 0.715. The number of hydrogen-bond acceptors (Lipinski definition) is 4. The van der Waals surface area contributed by atoms with E-state index in [9.17, 15) is 15.2 Å². The fourth-order valence-electron chi connectivity index (χ4n) is 4.28. The first-order chi connectivity index (χ1) is 14.6. The molecule has 5 heteroatoms. The Bertz CT molecular complexity index is 1070. The summed E-state index contributed by atoms with van der Waals surface area (Å²) in [5, 5.41) is 20.0. The molecule has 1 aliphatic heterocycles. The number of aliphatic hydroxyl groups is 1. The number of aryl methyl sites for hydroxylation is 1. The minimum Gasteiger partial charge on any atom is -0.394 e. The molecule has 1 aliphatic rings. The summed E-state index contributed by atoms with van der Waals surface area (Å²) in [5.74, 6) is -0.409. The number of amides is 1. The van der Waals surface area contributed by atoms with E-state index in [1.165, 1.54) is 10.5 Å². The van der Waals surface area contributed by atoms with Gasteiger partial charge in [-0.25, -0.2) is 0 Å².